The van der Waals surface area contributed by atoms with E-state index in [1.54, 1.807) is 0 Å². The Balaban J connectivity index is 1.64. The fourth-order valence-electron chi connectivity index (χ4n) is 2.18. The van der Waals surface area contributed by atoms with Crippen molar-refractivity contribution in [3.63, 3.8) is 0 Å². The molecule has 0 radical (unpaired) electrons. The Bertz CT molecular complexity index is 533. The van der Waals surface area contributed by atoms with Gasteiger partial charge in [-0.3, -0.25) is 9.88 Å². The number of hydrogen-bond acceptors (Lipinski definition) is 4. The van der Waals surface area contributed by atoms with Crippen molar-refractivity contribution in [2.24, 2.45) is 0 Å². The minimum Gasteiger partial charge on any atom is -0.294 e. The number of thiazole rings is 1. The zero-order valence-electron chi connectivity index (χ0n) is 11.4. The van der Waals surface area contributed by atoms with E-state index in [-0.39, 0.29) is 0 Å². The van der Waals surface area contributed by atoms with Crippen LogP contribution < -0.4 is 0 Å². The number of aromatic nitrogens is 2. The summed E-state index contributed by atoms with van der Waals surface area (Å²) >= 11 is 1.88. The Morgan fingerprint density at radius 2 is 2.26 bits per heavy atom. The molecule has 0 aromatic carbocycles. The third-order valence-corrected chi connectivity index (χ3v) is 4.88. The molecule has 1 aliphatic rings. The summed E-state index contributed by atoms with van der Waals surface area (Å²) in [6.45, 7) is 3.18. The van der Waals surface area contributed by atoms with E-state index in [0.29, 0.717) is 6.04 Å². The quantitative estimate of drug-likeness (QED) is 0.833. The molecule has 0 N–H and O–H groups in total. The third-order valence-electron chi connectivity index (χ3n) is 3.73. The predicted molar refractivity (Wildman–Crippen MR) is 78.2 cm³/mol. The largest absolute Gasteiger partial charge is 0.294 e. The highest BCUT2D eigenvalue weighted by molar-refractivity contribution is 7.11. The zero-order valence-corrected chi connectivity index (χ0v) is 12.2. The van der Waals surface area contributed by atoms with Crippen molar-refractivity contribution in [3.05, 3.63) is 46.2 Å². The van der Waals surface area contributed by atoms with Crippen LogP contribution in [0.2, 0.25) is 0 Å². The van der Waals surface area contributed by atoms with Gasteiger partial charge in [-0.2, -0.15) is 0 Å². The van der Waals surface area contributed by atoms with E-state index in [4.69, 9.17) is 0 Å². The van der Waals surface area contributed by atoms with Crippen LogP contribution in [-0.4, -0.2) is 21.9 Å². The highest BCUT2D eigenvalue weighted by Gasteiger charge is 2.26. The molecule has 3 nitrogen and oxygen atoms in total. The van der Waals surface area contributed by atoms with Crippen LogP contribution in [-0.2, 0) is 6.54 Å². The van der Waals surface area contributed by atoms with E-state index < -0.39 is 0 Å². The van der Waals surface area contributed by atoms with E-state index in [0.717, 1.165) is 12.5 Å². The molecule has 1 fully saturated rings. The molecule has 19 heavy (non-hydrogen) atoms. The summed E-state index contributed by atoms with van der Waals surface area (Å²) in [5, 5.41) is 1.33. The SMILES string of the molecule is CC(c1cccnc1)N(C)Cc1cnc(C2CC2)s1. The van der Waals surface area contributed by atoms with Crippen LogP contribution in [0.5, 0.6) is 0 Å². The van der Waals surface area contributed by atoms with Gasteiger partial charge in [-0.05, 0) is 38.4 Å². The van der Waals surface area contributed by atoms with Crippen molar-refractivity contribution in [2.75, 3.05) is 7.05 Å². The molecule has 100 valence electrons. The fourth-order valence-corrected chi connectivity index (χ4v) is 3.33. The summed E-state index contributed by atoms with van der Waals surface area (Å²) in [7, 11) is 2.16. The van der Waals surface area contributed by atoms with Gasteiger partial charge in [-0.15, -0.1) is 11.3 Å². The Morgan fingerprint density at radius 1 is 1.42 bits per heavy atom. The normalized spacial score (nSPS) is 16.8. The van der Waals surface area contributed by atoms with Gasteiger partial charge >= 0.3 is 0 Å². The van der Waals surface area contributed by atoms with Gasteiger partial charge in [0.25, 0.3) is 0 Å². The summed E-state index contributed by atoms with van der Waals surface area (Å²) in [6.07, 6.45) is 8.47. The van der Waals surface area contributed by atoms with Gasteiger partial charge in [0.1, 0.15) is 0 Å². The first-order chi connectivity index (χ1) is 9.24. The summed E-state index contributed by atoms with van der Waals surface area (Å²) in [5.74, 6) is 0.764. The highest BCUT2D eigenvalue weighted by Crippen LogP contribution is 2.42. The molecule has 3 rings (SSSR count). The third kappa shape index (κ3) is 3.01. The second kappa shape index (κ2) is 5.39. The van der Waals surface area contributed by atoms with E-state index in [1.165, 1.54) is 28.3 Å². The van der Waals surface area contributed by atoms with Gasteiger partial charge in [0.05, 0.1) is 5.01 Å². The number of rotatable bonds is 5. The first-order valence-electron chi connectivity index (χ1n) is 6.79. The van der Waals surface area contributed by atoms with Crippen molar-refractivity contribution in [2.45, 2.75) is 38.3 Å². The topological polar surface area (TPSA) is 29.0 Å². The summed E-state index contributed by atoms with van der Waals surface area (Å²) < 4.78 is 0. The van der Waals surface area contributed by atoms with Crippen LogP contribution in [0.3, 0.4) is 0 Å². The average Bonchev–Trinajstić information content (AvgIpc) is 3.20. The molecule has 1 saturated carbocycles. The number of hydrogen-bond donors (Lipinski definition) is 0. The van der Waals surface area contributed by atoms with Gasteiger partial charge in [0.15, 0.2) is 0 Å². The van der Waals surface area contributed by atoms with Crippen LogP contribution in [0.25, 0.3) is 0 Å². The second-order valence-electron chi connectivity index (χ2n) is 5.32. The molecule has 1 aliphatic carbocycles. The van der Waals surface area contributed by atoms with Crippen molar-refractivity contribution in [1.29, 1.82) is 0 Å². The first kappa shape index (κ1) is 12.8. The summed E-state index contributed by atoms with van der Waals surface area (Å²) in [5.41, 5.74) is 1.26. The van der Waals surface area contributed by atoms with Gasteiger partial charge < -0.3 is 0 Å². The Hall–Kier alpha value is -1.26. The van der Waals surface area contributed by atoms with Crippen LogP contribution in [0.4, 0.5) is 0 Å². The fraction of sp³-hybridized carbons (Fsp3) is 0.467. The van der Waals surface area contributed by atoms with E-state index in [9.17, 15) is 0 Å². The lowest BCUT2D eigenvalue weighted by atomic mass is 10.1. The molecule has 2 aromatic rings. The lowest BCUT2D eigenvalue weighted by Gasteiger charge is -2.23. The molecular weight excluding hydrogens is 254 g/mol. The molecule has 0 aliphatic heterocycles. The van der Waals surface area contributed by atoms with Crippen LogP contribution >= 0.6 is 11.3 Å². The molecule has 2 aromatic heterocycles. The maximum Gasteiger partial charge on any atom is 0.0959 e. The molecule has 1 unspecified atom stereocenters. The van der Waals surface area contributed by atoms with Gasteiger partial charge in [0, 0.05) is 42.0 Å². The van der Waals surface area contributed by atoms with Crippen molar-refractivity contribution in [1.82, 2.24) is 14.9 Å². The van der Waals surface area contributed by atoms with Gasteiger partial charge in [-0.25, -0.2) is 4.98 Å². The summed E-state index contributed by atoms with van der Waals surface area (Å²) in [6, 6.07) is 4.51. The lowest BCUT2D eigenvalue weighted by Crippen LogP contribution is -2.21. The minimum atomic E-state index is 0.375. The van der Waals surface area contributed by atoms with Crippen molar-refractivity contribution >= 4 is 11.3 Å². The first-order valence-corrected chi connectivity index (χ1v) is 7.60. The molecular formula is C15H19N3S. The predicted octanol–water partition coefficient (Wildman–Crippen LogP) is 3.61. The van der Waals surface area contributed by atoms with Gasteiger partial charge in [0.2, 0.25) is 0 Å². The second-order valence-corrected chi connectivity index (χ2v) is 6.46. The minimum absolute atomic E-state index is 0.375. The molecule has 1 atom stereocenters. The van der Waals surface area contributed by atoms with Crippen LogP contribution in [0.1, 0.15) is 47.2 Å². The molecule has 0 spiro atoms. The van der Waals surface area contributed by atoms with E-state index in [1.807, 2.05) is 36.0 Å². The molecule has 0 bridgehead atoms. The molecule has 2 heterocycles. The smallest absolute Gasteiger partial charge is 0.0959 e. The monoisotopic (exact) mass is 273 g/mol. The van der Waals surface area contributed by atoms with E-state index in [2.05, 4.69) is 34.9 Å². The van der Waals surface area contributed by atoms with Crippen LogP contribution in [0, 0.1) is 0 Å². The van der Waals surface area contributed by atoms with E-state index >= 15 is 0 Å². The van der Waals surface area contributed by atoms with Crippen molar-refractivity contribution < 1.29 is 0 Å². The molecule has 4 heteroatoms. The average molecular weight is 273 g/mol. The summed E-state index contributed by atoms with van der Waals surface area (Å²) in [4.78, 5) is 12.4. The molecule has 0 saturated heterocycles. The Morgan fingerprint density at radius 3 is 2.95 bits per heavy atom. The standard InChI is InChI=1S/C15H19N3S/c1-11(13-4-3-7-16-8-13)18(2)10-14-9-17-15(19-14)12-5-6-12/h3-4,7-9,11-12H,5-6,10H2,1-2H3. The van der Waals surface area contributed by atoms with Gasteiger partial charge in [-0.1, -0.05) is 6.07 Å². The lowest BCUT2D eigenvalue weighted by molar-refractivity contribution is 0.255. The maximum absolute atomic E-state index is 4.54. The maximum atomic E-state index is 4.54. The van der Waals surface area contributed by atoms with Crippen LogP contribution in [0.15, 0.2) is 30.7 Å². The Kier molecular flexibility index (Phi) is 3.62. The zero-order chi connectivity index (χ0) is 13.2. The van der Waals surface area contributed by atoms with Crippen molar-refractivity contribution in [3.8, 4) is 0 Å². The number of nitrogens with zero attached hydrogens (tertiary/aromatic N) is 3. The molecule has 0 amide bonds. The Labute approximate surface area is 118 Å². The number of pyridine rings is 1. The highest BCUT2D eigenvalue weighted by atomic mass is 32.1.